The van der Waals surface area contributed by atoms with E-state index in [2.05, 4.69) is 15.3 Å². The molecular weight excluding hydrogens is 323 g/mol. The molecule has 1 aromatic rings. The number of aromatic nitrogens is 2. The molecule has 6 nitrogen and oxygen atoms in total. The second-order valence-corrected chi connectivity index (χ2v) is 5.88. The Bertz CT molecular complexity index is 504. The SMILES string of the molecule is O=C(CN(Cc1cncnc1)[C@@H]1CCCNCC1)NCC(F)(F)F. The molecule has 134 valence electrons. The molecule has 2 rings (SSSR count). The van der Waals surface area contributed by atoms with E-state index in [0.29, 0.717) is 6.54 Å². The molecular formula is C15H22F3N5O. The summed E-state index contributed by atoms with van der Waals surface area (Å²) in [6, 6.07) is 0.136. The highest BCUT2D eigenvalue weighted by Crippen LogP contribution is 2.16. The van der Waals surface area contributed by atoms with Gasteiger partial charge in [-0.3, -0.25) is 9.69 Å². The standard InChI is InChI=1S/C15H22F3N5O/c16-15(17,18)10-22-14(24)9-23(8-12-6-20-11-21-7-12)13-2-1-4-19-5-3-13/h6-7,11,13,19H,1-5,8-10H2,(H,22,24)/t13-/m1/s1. The van der Waals surface area contributed by atoms with Gasteiger partial charge in [0.05, 0.1) is 6.54 Å². The van der Waals surface area contributed by atoms with Crippen LogP contribution < -0.4 is 10.6 Å². The van der Waals surface area contributed by atoms with Crippen LogP contribution in [0.2, 0.25) is 0 Å². The molecule has 0 saturated carbocycles. The Labute approximate surface area is 138 Å². The van der Waals surface area contributed by atoms with Gasteiger partial charge in [0.1, 0.15) is 12.9 Å². The zero-order valence-electron chi connectivity index (χ0n) is 13.4. The summed E-state index contributed by atoms with van der Waals surface area (Å²) in [6.07, 6.45) is 3.04. The van der Waals surface area contributed by atoms with E-state index in [1.165, 1.54) is 6.33 Å². The second kappa shape index (κ2) is 8.93. The number of nitrogens with zero attached hydrogens (tertiary/aromatic N) is 3. The summed E-state index contributed by atoms with van der Waals surface area (Å²) in [7, 11) is 0. The maximum Gasteiger partial charge on any atom is 0.405 e. The van der Waals surface area contributed by atoms with Crippen LogP contribution in [0.4, 0.5) is 13.2 Å². The van der Waals surface area contributed by atoms with Crippen molar-refractivity contribution in [2.75, 3.05) is 26.2 Å². The van der Waals surface area contributed by atoms with Gasteiger partial charge in [0.2, 0.25) is 5.91 Å². The second-order valence-electron chi connectivity index (χ2n) is 5.88. The highest BCUT2D eigenvalue weighted by Gasteiger charge is 2.29. The highest BCUT2D eigenvalue weighted by molar-refractivity contribution is 5.78. The first-order chi connectivity index (χ1) is 11.4. The molecule has 1 aliphatic heterocycles. The molecule has 1 amide bonds. The topological polar surface area (TPSA) is 70.2 Å². The molecule has 0 aliphatic carbocycles. The van der Waals surface area contributed by atoms with E-state index in [0.717, 1.165) is 37.9 Å². The first-order valence-corrected chi connectivity index (χ1v) is 7.96. The molecule has 2 heterocycles. The molecule has 0 unspecified atom stereocenters. The number of rotatable bonds is 6. The Morgan fingerprint density at radius 2 is 2.04 bits per heavy atom. The zero-order valence-corrected chi connectivity index (χ0v) is 13.4. The number of carbonyl (C=O) groups excluding carboxylic acids is 1. The van der Waals surface area contributed by atoms with Gasteiger partial charge >= 0.3 is 6.18 Å². The number of hydrogen-bond donors (Lipinski definition) is 2. The van der Waals surface area contributed by atoms with Crippen LogP contribution >= 0.6 is 0 Å². The first-order valence-electron chi connectivity index (χ1n) is 7.96. The summed E-state index contributed by atoms with van der Waals surface area (Å²) in [6.45, 7) is 0.802. The Kier molecular flexibility index (Phi) is 6.92. The lowest BCUT2D eigenvalue weighted by Crippen LogP contribution is -2.45. The lowest BCUT2D eigenvalue weighted by atomic mass is 10.1. The highest BCUT2D eigenvalue weighted by atomic mass is 19.4. The van der Waals surface area contributed by atoms with E-state index in [1.807, 2.05) is 10.2 Å². The molecule has 1 atom stereocenters. The van der Waals surface area contributed by atoms with Crippen molar-refractivity contribution < 1.29 is 18.0 Å². The number of alkyl halides is 3. The lowest BCUT2D eigenvalue weighted by Gasteiger charge is -2.30. The van der Waals surface area contributed by atoms with Crippen molar-refractivity contribution in [3.05, 3.63) is 24.3 Å². The molecule has 0 radical (unpaired) electrons. The third-order valence-corrected chi connectivity index (χ3v) is 3.89. The molecule has 0 spiro atoms. The van der Waals surface area contributed by atoms with Gasteiger partial charge < -0.3 is 10.6 Å². The van der Waals surface area contributed by atoms with E-state index < -0.39 is 18.6 Å². The van der Waals surface area contributed by atoms with Crippen LogP contribution in [0.5, 0.6) is 0 Å². The van der Waals surface area contributed by atoms with Crippen LogP contribution in [0.25, 0.3) is 0 Å². The van der Waals surface area contributed by atoms with Crippen LogP contribution in [0, 0.1) is 0 Å². The van der Waals surface area contributed by atoms with Crippen molar-refractivity contribution in [3.8, 4) is 0 Å². The summed E-state index contributed by atoms with van der Waals surface area (Å²) in [5.41, 5.74) is 0.832. The maximum absolute atomic E-state index is 12.3. The molecule has 1 aliphatic rings. The fourth-order valence-electron chi connectivity index (χ4n) is 2.77. The minimum absolute atomic E-state index is 0.0738. The molecule has 1 saturated heterocycles. The van der Waals surface area contributed by atoms with Crippen LogP contribution in [0.1, 0.15) is 24.8 Å². The summed E-state index contributed by atoms with van der Waals surface area (Å²) in [5, 5.41) is 5.23. The average Bonchev–Trinajstić information content (AvgIpc) is 2.82. The molecule has 9 heteroatoms. The monoisotopic (exact) mass is 345 g/mol. The fourth-order valence-corrected chi connectivity index (χ4v) is 2.77. The minimum Gasteiger partial charge on any atom is -0.346 e. The van der Waals surface area contributed by atoms with Gasteiger partial charge in [-0.15, -0.1) is 0 Å². The lowest BCUT2D eigenvalue weighted by molar-refractivity contribution is -0.139. The predicted molar refractivity (Wildman–Crippen MR) is 82.0 cm³/mol. The van der Waals surface area contributed by atoms with Gasteiger partial charge in [0.15, 0.2) is 0 Å². The van der Waals surface area contributed by atoms with Gasteiger partial charge in [-0.05, 0) is 32.4 Å². The van der Waals surface area contributed by atoms with Crippen molar-refractivity contribution in [1.82, 2.24) is 25.5 Å². The number of amides is 1. The Hall–Kier alpha value is -1.74. The summed E-state index contributed by atoms with van der Waals surface area (Å²) < 4.78 is 36.8. The quantitative estimate of drug-likeness (QED) is 0.808. The van der Waals surface area contributed by atoms with E-state index in [4.69, 9.17) is 0 Å². The normalized spacial score (nSPS) is 19.1. The van der Waals surface area contributed by atoms with E-state index >= 15 is 0 Å². The van der Waals surface area contributed by atoms with Gasteiger partial charge in [0.25, 0.3) is 0 Å². The third kappa shape index (κ3) is 6.79. The van der Waals surface area contributed by atoms with Crippen LogP contribution in [-0.4, -0.2) is 59.2 Å². The van der Waals surface area contributed by atoms with Crippen LogP contribution in [0.15, 0.2) is 18.7 Å². The number of carbonyl (C=O) groups is 1. The molecule has 0 bridgehead atoms. The average molecular weight is 345 g/mol. The number of halogens is 3. The number of nitrogens with one attached hydrogen (secondary N) is 2. The molecule has 0 aromatic carbocycles. The Morgan fingerprint density at radius 3 is 2.75 bits per heavy atom. The fraction of sp³-hybridized carbons (Fsp3) is 0.667. The van der Waals surface area contributed by atoms with Crippen molar-refractivity contribution in [3.63, 3.8) is 0 Å². The van der Waals surface area contributed by atoms with Gasteiger partial charge in [0, 0.05) is 30.5 Å². The third-order valence-electron chi connectivity index (χ3n) is 3.89. The first kappa shape index (κ1) is 18.6. The molecule has 24 heavy (non-hydrogen) atoms. The van der Waals surface area contributed by atoms with Crippen molar-refractivity contribution >= 4 is 5.91 Å². The van der Waals surface area contributed by atoms with Crippen LogP contribution in [-0.2, 0) is 11.3 Å². The maximum atomic E-state index is 12.3. The molecule has 1 aromatic heterocycles. The van der Waals surface area contributed by atoms with E-state index in [9.17, 15) is 18.0 Å². The largest absolute Gasteiger partial charge is 0.405 e. The van der Waals surface area contributed by atoms with Crippen molar-refractivity contribution in [2.45, 2.75) is 38.0 Å². The van der Waals surface area contributed by atoms with Crippen molar-refractivity contribution in [2.24, 2.45) is 0 Å². The summed E-state index contributed by atoms with van der Waals surface area (Å²) in [4.78, 5) is 21.7. The summed E-state index contributed by atoms with van der Waals surface area (Å²) in [5.74, 6) is -0.624. The molecule has 2 N–H and O–H groups in total. The van der Waals surface area contributed by atoms with Gasteiger partial charge in [-0.25, -0.2) is 9.97 Å². The van der Waals surface area contributed by atoms with Gasteiger partial charge in [-0.2, -0.15) is 13.2 Å². The van der Waals surface area contributed by atoms with Crippen LogP contribution in [0.3, 0.4) is 0 Å². The minimum atomic E-state index is -4.40. The summed E-state index contributed by atoms with van der Waals surface area (Å²) >= 11 is 0. The predicted octanol–water partition coefficient (Wildman–Crippen LogP) is 1.10. The smallest absolute Gasteiger partial charge is 0.346 e. The Balaban J connectivity index is 1.99. The van der Waals surface area contributed by atoms with E-state index in [-0.39, 0.29) is 12.6 Å². The van der Waals surface area contributed by atoms with Gasteiger partial charge in [-0.1, -0.05) is 0 Å². The van der Waals surface area contributed by atoms with Crippen molar-refractivity contribution in [1.29, 1.82) is 0 Å². The van der Waals surface area contributed by atoms with E-state index in [1.54, 1.807) is 12.4 Å². The Morgan fingerprint density at radius 1 is 1.29 bits per heavy atom. The molecule has 1 fully saturated rings. The number of hydrogen-bond acceptors (Lipinski definition) is 5. The zero-order chi connectivity index (χ0) is 17.4.